The van der Waals surface area contributed by atoms with Crippen molar-refractivity contribution in [2.75, 3.05) is 5.32 Å². The predicted octanol–water partition coefficient (Wildman–Crippen LogP) is 1.02. The van der Waals surface area contributed by atoms with Gasteiger partial charge in [0, 0.05) is 6.07 Å². The minimum absolute atomic E-state index is 0.0736. The Kier molecular flexibility index (Phi) is 2.68. The molecule has 0 saturated carbocycles. The highest BCUT2D eigenvalue weighted by Crippen LogP contribution is 2.15. The van der Waals surface area contributed by atoms with Crippen LogP contribution in [0.15, 0.2) is 27.8 Å². The Bertz CT molecular complexity index is 494. The molecule has 0 aromatic carbocycles. The molecule has 0 saturated heterocycles. The van der Waals surface area contributed by atoms with Crippen molar-refractivity contribution in [3.63, 3.8) is 0 Å². The second-order valence-corrected chi connectivity index (χ2v) is 3.14. The molecule has 0 aliphatic carbocycles. The van der Waals surface area contributed by atoms with Crippen LogP contribution in [0.4, 0.5) is 5.69 Å². The number of anilines is 1. The Balaban J connectivity index is 2.12. The van der Waals surface area contributed by atoms with E-state index in [0.717, 1.165) is 0 Å². The van der Waals surface area contributed by atoms with Gasteiger partial charge in [-0.3, -0.25) is 4.79 Å². The van der Waals surface area contributed by atoms with Crippen molar-refractivity contribution in [3.8, 4) is 0 Å². The van der Waals surface area contributed by atoms with Gasteiger partial charge in [0.2, 0.25) is 0 Å². The quantitative estimate of drug-likeness (QED) is 0.817. The monoisotopic (exact) mass is 226 g/mol. The van der Waals surface area contributed by atoms with Crippen LogP contribution in [0.3, 0.4) is 0 Å². The minimum Gasteiger partial charge on any atom is -0.375 e. The van der Waals surface area contributed by atoms with Crippen LogP contribution >= 0.6 is 11.6 Å². The van der Waals surface area contributed by atoms with Gasteiger partial charge in [-0.2, -0.15) is 5.10 Å². The summed E-state index contributed by atoms with van der Waals surface area (Å²) in [6.07, 6.45) is 2.97. The van der Waals surface area contributed by atoms with Gasteiger partial charge in [0.15, 0.2) is 5.76 Å². The maximum absolute atomic E-state index is 11.1. The lowest BCUT2D eigenvalue weighted by Gasteiger charge is -2.03. The lowest BCUT2D eigenvalue weighted by molar-refractivity contribution is 0.388. The number of aromatic nitrogens is 3. The van der Waals surface area contributed by atoms with Crippen molar-refractivity contribution in [3.05, 3.63) is 39.6 Å². The van der Waals surface area contributed by atoms with E-state index in [2.05, 4.69) is 20.7 Å². The summed E-state index contributed by atoms with van der Waals surface area (Å²) in [5, 5.41) is 12.4. The minimum atomic E-state index is -0.431. The summed E-state index contributed by atoms with van der Waals surface area (Å²) in [6.45, 7) is 0.394. The SMILES string of the molecule is O=c1[nH]ncc(NCc2ccno2)c1Cl. The summed E-state index contributed by atoms with van der Waals surface area (Å²) in [4.78, 5) is 11.1. The number of H-pyrrole nitrogens is 1. The molecule has 2 aromatic rings. The van der Waals surface area contributed by atoms with E-state index in [0.29, 0.717) is 18.0 Å². The fraction of sp³-hybridized carbons (Fsp3) is 0.125. The smallest absolute Gasteiger partial charge is 0.285 e. The summed E-state index contributed by atoms with van der Waals surface area (Å²) < 4.78 is 4.86. The summed E-state index contributed by atoms with van der Waals surface area (Å²) in [5.74, 6) is 0.645. The van der Waals surface area contributed by atoms with Gasteiger partial charge in [0.1, 0.15) is 5.02 Å². The Morgan fingerprint density at radius 2 is 2.47 bits per heavy atom. The summed E-state index contributed by atoms with van der Waals surface area (Å²) in [5.41, 5.74) is 0.0241. The summed E-state index contributed by atoms with van der Waals surface area (Å²) in [7, 11) is 0. The van der Waals surface area contributed by atoms with Crippen LogP contribution in [0, 0.1) is 0 Å². The number of hydrogen-bond donors (Lipinski definition) is 2. The van der Waals surface area contributed by atoms with E-state index < -0.39 is 5.56 Å². The molecule has 7 heteroatoms. The van der Waals surface area contributed by atoms with Crippen molar-refractivity contribution in [2.24, 2.45) is 0 Å². The molecule has 2 rings (SSSR count). The molecule has 0 atom stereocenters. The largest absolute Gasteiger partial charge is 0.375 e. The van der Waals surface area contributed by atoms with Crippen molar-refractivity contribution in [1.29, 1.82) is 0 Å². The zero-order valence-corrected chi connectivity index (χ0v) is 8.28. The van der Waals surface area contributed by atoms with E-state index in [1.165, 1.54) is 12.4 Å². The fourth-order valence-corrected chi connectivity index (χ4v) is 1.18. The highest BCUT2D eigenvalue weighted by Gasteiger charge is 2.05. The molecule has 0 aliphatic heterocycles. The molecule has 2 N–H and O–H groups in total. The Morgan fingerprint density at radius 3 is 3.20 bits per heavy atom. The first kappa shape index (κ1) is 9.72. The molecule has 0 fully saturated rings. The number of rotatable bonds is 3. The molecule has 6 nitrogen and oxygen atoms in total. The Hall–Kier alpha value is -1.82. The van der Waals surface area contributed by atoms with Crippen LogP contribution in [0.5, 0.6) is 0 Å². The molecule has 0 radical (unpaired) electrons. The van der Waals surface area contributed by atoms with Gasteiger partial charge in [-0.15, -0.1) is 0 Å². The van der Waals surface area contributed by atoms with Gasteiger partial charge in [0.25, 0.3) is 5.56 Å². The van der Waals surface area contributed by atoms with Crippen LogP contribution in [0.2, 0.25) is 5.02 Å². The van der Waals surface area contributed by atoms with E-state index in [-0.39, 0.29) is 5.02 Å². The van der Waals surface area contributed by atoms with Crippen LogP contribution < -0.4 is 10.9 Å². The summed E-state index contributed by atoms with van der Waals surface area (Å²) >= 11 is 5.74. The third-order valence-electron chi connectivity index (χ3n) is 1.74. The van der Waals surface area contributed by atoms with Gasteiger partial charge < -0.3 is 9.84 Å². The van der Waals surface area contributed by atoms with Crippen LogP contribution in [0.25, 0.3) is 0 Å². The Morgan fingerprint density at radius 1 is 1.60 bits per heavy atom. The first-order valence-electron chi connectivity index (χ1n) is 4.14. The highest BCUT2D eigenvalue weighted by atomic mass is 35.5. The van der Waals surface area contributed by atoms with Crippen LogP contribution in [0.1, 0.15) is 5.76 Å². The van der Waals surface area contributed by atoms with Crippen molar-refractivity contribution in [1.82, 2.24) is 15.4 Å². The van der Waals surface area contributed by atoms with Gasteiger partial charge in [-0.1, -0.05) is 16.8 Å². The number of nitrogens with zero attached hydrogens (tertiary/aromatic N) is 2. The number of hydrogen-bond acceptors (Lipinski definition) is 5. The fourth-order valence-electron chi connectivity index (χ4n) is 1.02. The normalized spacial score (nSPS) is 10.2. The molecular weight excluding hydrogens is 220 g/mol. The molecule has 0 amide bonds. The molecule has 2 heterocycles. The zero-order valence-electron chi connectivity index (χ0n) is 7.53. The van der Waals surface area contributed by atoms with Crippen LogP contribution in [-0.2, 0) is 6.54 Å². The van der Waals surface area contributed by atoms with Gasteiger partial charge in [-0.25, -0.2) is 5.10 Å². The number of halogens is 1. The first-order chi connectivity index (χ1) is 7.27. The predicted molar refractivity (Wildman–Crippen MR) is 53.7 cm³/mol. The lowest BCUT2D eigenvalue weighted by Crippen LogP contribution is -2.11. The zero-order chi connectivity index (χ0) is 10.7. The van der Waals surface area contributed by atoms with Gasteiger partial charge >= 0.3 is 0 Å². The van der Waals surface area contributed by atoms with E-state index in [4.69, 9.17) is 16.1 Å². The van der Waals surface area contributed by atoms with E-state index in [9.17, 15) is 4.79 Å². The molecule has 15 heavy (non-hydrogen) atoms. The highest BCUT2D eigenvalue weighted by molar-refractivity contribution is 6.32. The van der Waals surface area contributed by atoms with E-state index >= 15 is 0 Å². The molecule has 78 valence electrons. The second kappa shape index (κ2) is 4.14. The molecule has 2 aromatic heterocycles. The molecule has 0 unspecified atom stereocenters. The number of aromatic amines is 1. The maximum Gasteiger partial charge on any atom is 0.285 e. The first-order valence-corrected chi connectivity index (χ1v) is 4.52. The summed E-state index contributed by atoms with van der Waals surface area (Å²) in [6, 6.07) is 1.71. The topological polar surface area (TPSA) is 83.8 Å². The van der Waals surface area contributed by atoms with Crippen molar-refractivity contribution in [2.45, 2.75) is 6.54 Å². The molecular formula is C8H7ClN4O2. The maximum atomic E-state index is 11.1. The molecule has 0 aliphatic rings. The third kappa shape index (κ3) is 2.16. The average Bonchev–Trinajstić information content (AvgIpc) is 2.73. The van der Waals surface area contributed by atoms with Crippen molar-refractivity contribution >= 4 is 17.3 Å². The second-order valence-electron chi connectivity index (χ2n) is 2.76. The van der Waals surface area contributed by atoms with E-state index in [1.807, 2.05) is 0 Å². The Labute approximate surface area is 89.2 Å². The van der Waals surface area contributed by atoms with Crippen LogP contribution in [-0.4, -0.2) is 15.4 Å². The average molecular weight is 227 g/mol. The lowest BCUT2D eigenvalue weighted by atomic mass is 10.4. The van der Waals surface area contributed by atoms with E-state index in [1.54, 1.807) is 6.07 Å². The third-order valence-corrected chi connectivity index (χ3v) is 2.12. The number of nitrogens with one attached hydrogen (secondary N) is 2. The standard InChI is InChI=1S/C8H7ClN4O2/c9-7-6(4-11-13-8(7)14)10-3-5-1-2-12-15-5/h1-2,4H,3H2,(H2,10,13,14). The molecule has 0 bridgehead atoms. The van der Waals surface area contributed by atoms with Gasteiger partial charge in [-0.05, 0) is 0 Å². The van der Waals surface area contributed by atoms with Gasteiger partial charge in [0.05, 0.1) is 24.6 Å². The van der Waals surface area contributed by atoms with Crippen molar-refractivity contribution < 1.29 is 4.52 Å². The molecule has 0 spiro atoms.